The van der Waals surface area contributed by atoms with Crippen LogP contribution in [0.15, 0.2) is 77.6 Å². The summed E-state index contributed by atoms with van der Waals surface area (Å²) in [7, 11) is 6.19. The van der Waals surface area contributed by atoms with Crippen LogP contribution in [-0.4, -0.2) is 73.4 Å². The number of allylic oxidation sites excluding steroid dienone is 2. The van der Waals surface area contributed by atoms with Crippen LogP contribution in [0.25, 0.3) is 0 Å². The van der Waals surface area contributed by atoms with Gasteiger partial charge in [0.05, 0.1) is 20.8 Å². The highest BCUT2D eigenvalue weighted by Crippen LogP contribution is 2.28. The molecule has 1 fully saturated rings. The standard InChI is InChI=1S/C28H31F2N9O5/c1-37(2)15-21(32-16-8-10-17(11-9-16)33-27(41)36-44-4)24-25(31)38(14-18-19(29)6-5-7-20(18)30)28(42)39(26(24)40)22-12-13-23(43-3)35-34-22/h5-13,31-32,34-35H,14-15H2,1-4H3,(H2,33,36,41)/b24-21+,31-25?. The molecule has 0 bridgehead atoms. The largest absolute Gasteiger partial charge is 0.481 e. The third-order valence-corrected chi connectivity index (χ3v) is 6.30. The number of nitrogens with one attached hydrogen (secondary N) is 6. The first kappa shape index (κ1) is 31.5. The van der Waals surface area contributed by atoms with Crippen LogP contribution in [0, 0.1) is 17.0 Å². The summed E-state index contributed by atoms with van der Waals surface area (Å²) in [5.41, 5.74) is 8.00. The maximum absolute atomic E-state index is 14.7. The summed E-state index contributed by atoms with van der Waals surface area (Å²) in [6.07, 6.45) is 2.88. The molecule has 0 spiro atoms. The minimum absolute atomic E-state index is 0.0150. The van der Waals surface area contributed by atoms with Crippen LogP contribution in [-0.2, 0) is 20.9 Å². The van der Waals surface area contributed by atoms with E-state index in [0.29, 0.717) is 17.3 Å². The van der Waals surface area contributed by atoms with Gasteiger partial charge >= 0.3 is 12.1 Å². The molecule has 0 radical (unpaired) electrons. The van der Waals surface area contributed by atoms with Gasteiger partial charge in [-0.25, -0.2) is 28.7 Å². The molecule has 2 heterocycles. The van der Waals surface area contributed by atoms with Crippen molar-refractivity contribution in [2.45, 2.75) is 6.54 Å². The maximum Gasteiger partial charge on any atom is 0.343 e. The van der Waals surface area contributed by atoms with Gasteiger partial charge in [0.1, 0.15) is 28.9 Å². The van der Waals surface area contributed by atoms with Crippen LogP contribution >= 0.6 is 0 Å². The van der Waals surface area contributed by atoms with Gasteiger partial charge in [0, 0.05) is 35.3 Å². The monoisotopic (exact) mass is 611 g/mol. The van der Waals surface area contributed by atoms with Gasteiger partial charge in [-0.15, -0.1) is 0 Å². The fourth-order valence-electron chi connectivity index (χ4n) is 4.29. The summed E-state index contributed by atoms with van der Waals surface area (Å²) in [6.45, 7) is -0.565. The first-order valence-corrected chi connectivity index (χ1v) is 13.0. The van der Waals surface area contributed by atoms with Crippen molar-refractivity contribution in [3.63, 3.8) is 0 Å². The van der Waals surface area contributed by atoms with Crippen LogP contribution in [0.1, 0.15) is 5.56 Å². The lowest BCUT2D eigenvalue weighted by Gasteiger charge is -2.38. The van der Waals surface area contributed by atoms with E-state index in [0.717, 1.165) is 21.9 Å². The average Bonchev–Trinajstić information content (AvgIpc) is 2.97. The molecule has 232 valence electrons. The SMILES string of the molecule is CONC(=O)Nc1ccc(N/C(CN(C)C)=C2\C(=N)N(Cc3c(F)cccc3F)C(=O)N(C3=CC=C(OC)NN3)C2=O)cc1. The van der Waals surface area contributed by atoms with Crippen LogP contribution in [0.3, 0.4) is 0 Å². The number of amides is 5. The van der Waals surface area contributed by atoms with Crippen LogP contribution < -0.4 is 27.0 Å². The number of hydroxylamine groups is 1. The topological polar surface area (TPSA) is 163 Å². The highest BCUT2D eigenvalue weighted by atomic mass is 19.1. The van der Waals surface area contributed by atoms with Crippen molar-refractivity contribution < 1.29 is 32.7 Å². The number of hydrogen-bond acceptors (Lipinski definition) is 10. The summed E-state index contributed by atoms with van der Waals surface area (Å²) in [6, 6.07) is 8.10. The molecule has 0 unspecified atom stereocenters. The Kier molecular flexibility index (Phi) is 9.77. The lowest BCUT2D eigenvalue weighted by molar-refractivity contribution is -0.123. The molecule has 2 aliphatic heterocycles. The summed E-state index contributed by atoms with van der Waals surface area (Å²) < 4.78 is 34.5. The second-order valence-corrected chi connectivity index (χ2v) is 9.65. The van der Waals surface area contributed by atoms with E-state index in [-0.39, 0.29) is 23.6 Å². The maximum atomic E-state index is 14.7. The molecule has 0 atom stereocenters. The Morgan fingerprint density at radius 3 is 2.16 bits per heavy atom. The number of methoxy groups -OCH3 is 1. The highest BCUT2D eigenvalue weighted by molar-refractivity contribution is 6.30. The minimum Gasteiger partial charge on any atom is -0.481 e. The van der Waals surface area contributed by atoms with E-state index in [4.69, 9.17) is 10.1 Å². The summed E-state index contributed by atoms with van der Waals surface area (Å²) in [5.74, 6) is -2.97. The normalized spacial score (nSPS) is 16.1. The predicted molar refractivity (Wildman–Crippen MR) is 156 cm³/mol. The number of nitrogens with zero attached hydrogens (tertiary/aromatic N) is 3. The number of anilines is 2. The molecule has 6 N–H and O–H groups in total. The van der Waals surface area contributed by atoms with E-state index < -0.39 is 47.5 Å². The van der Waals surface area contributed by atoms with Gasteiger partial charge in [0.15, 0.2) is 0 Å². The molecule has 2 aromatic carbocycles. The first-order valence-electron chi connectivity index (χ1n) is 13.0. The third-order valence-electron chi connectivity index (χ3n) is 6.30. The summed E-state index contributed by atoms with van der Waals surface area (Å²) in [4.78, 5) is 47.4. The number of hydrazine groups is 1. The van der Waals surface area contributed by atoms with Crippen LogP contribution in [0.5, 0.6) is 0 Å². The number of carbonyl (C=O) groups is 3. The Bertz CT molecular complexity index is 1540. The zero-order valence-corrected chi connectivity index (χ0v) is 24.2. The number of rotatable bonds is 10. The smallest absolute Gasteiger partial charge is 0.343 e. The Morgan fingerprint density at radius 1 is 0.977 bits per heavy atom. The van der Waals surface area contributed by atoms with Crippen molar-refractivity contribution in [1.82, 2.24) is 31.0 Å². The molecule has 0 aliphatic carbocycles. The van der Waals surface area contributed by atoms with E-state index in [1.165, 1.54) is 32.4 Å². The van der Waals surface area contributed by atoms with Crippen molar-refractivity contribution in [1.29, 1.82) is 5.41 Å². The summed E-state index contributed by atoms with van der Waals surface area (Å²) >= 11 is 0. The number of amidine groups is 1. The number of likely N-dealkylation sites (N-methyl/N-ethyl adjacent to an activating group) is 1. The van der Waals surface area contributed by atoms with Crippen LogP contribution in [0.4, 0.5) is 29.7 Å². The molecular formula is C28H31F2N9O5. The Hall–Kier alpha value is -5.48. The van der Waals surface area contributed by atoms with Gasteiger partial charge in [0.2, 0.25) is 5.88 Å². The average molecular weight is 612 g/mol. The van der Waals surface area contributed by atoms with E-state index in [1.807, 2.05) is 0 Å². The predicted octanol–water partition coefficient (Wildman–Crippen LogP) is 2.75. The molecule has 14 nitrogen and oxygen atoms in total. The van der Waals surface area contributed by atoms with Crippen molar-refractivity contribution >= 4 is 35.2 Å². The second-order valence-electron chi connectivity index (χ2n) is 9.65. The van der Waals surface area contributed by atoms with E-state index in [1.54, 1.807) is 43.3 Å². The number of urea groups is 2. The Morgan fingerprint density at radius 2 is 1.61 bits per heavy atom. The number of imide groups is 1. The lowest BCUT2D eigenvalue weighted by Crippen LogP contribution is -2.59. The summed E-state index contributed by atoms with van der Waals surface area (Å²) in [5, 5.41) is 14.7. The van der Waals surface area contributed by atoms with Gasteiger partial charge in [-0.05, 0) is 56.6 Å². The molecule has 1 saturated heterocycles. The van der Waals surface area contributed by atoms with Crippen molar-refractivity contribution in [3.8, 4) is 0 Å². The van der Waals surface area contributed by atoms with Crippen molar-refractivity contribution in [2.75, 3.05) is 45.5 Å². The van der Waals surface area contributed by atoms with Crippen molar-refractivity contribution in [3.05, 3.63) is 94.8 Å². The number of carbonyl (C=O) groups excluding carboxylic acids is 3. The molecule has 2 aromatic rings. The van der Waals surface area contributed by atoms with E-state index in [2.05, 4.69) is 31.8 Å². The molecule has 0 saturated carbocycles. The minimum atomic E-state index is -1.00. The lowest BCUT2D eigenvalue weighted by atomic mass is 10.0. The van der Waals surface area contributed by atoms with Crippen LogP contribution in [0.2, 0.25) is 0 Å². The first-order chi connectivity index (χ1) is 21.0. The molecule has 5 amide bonds. The molecule has 16 heteroatoms. The molecule has 4 rings (SSSR count). The molecule has 44 heavy (non-hydrogen) atoms. The van der Waals surface area contributed by atoms with E-state index >= 15 is 0 Å². The molecular weight excluding hydrogens is 580 g/mol. The highest BCUT2D eigenvalue weighted by Gasteiger charge is 2.44. The van der Waals surface area contributed by atoms with Gasteiger partial charge in [0.25, 0.3) is 5.91 Å². The Balaban J connectivity index is 1.79. The fraction of sp³-hybridized carbons (Fsp3) is 0.214. The molecule has 2 aliphatic rings. The third kappa shape index (κ3) is 6.93. The van der Waals surface area contributed by atoms with Gasteiger partial charge in [-0.3, -0.25) is 30.8 Å². The Labute approximate surface area is 251 Å². The quantitative estimate of drug-likeness (QED) is 0.175. The zero-order valence-electron chi connectivity index (χ0n) is 24.2. The van der Waals surface area contributed by atoms with Crippen molar-refractivity contribution in [2.24, 2.45) is 0 Å². The number of halogens is 2. The van der Waals surface area contributed by atoms with Gasteiger partial charge < -0.3 is 20.3 Å². The van der Waals surface area contributed by atoms with Gasteiger partial charge in [-0.2, -0.15) is 0 Å². The second kappa shape index (κ2) is 13.7. The number of hydrogen-bond donors (Lipinski definition) is 6. The number of ether oxygens (including phenoxy) is 1. The van der Waals surface area contributed by atoms with E-state index in [9.17, 15) is 23.2 Å². The number of benzene rings is 2. The zero-order chi connectivity index (χ0) is 32.0. The van der Waals surface area contributed by atoms with Gasteiger partial charge in [-0.1, -0.05) is 6.07 Å². The molecule has 0 aromatic heterocycles. The fourth-order valence-corrected chi connectivity index (χ4v) is 4.29.